The molecule has 1 heterocycles. The monoisotopic (exact) mass is 404 g/mol. The van der Waals surface area contributed by atoms with Crippen molar-refractivity contribution in [1.82, 2.24) is 0 Å². The SMILES string of the molecule is OC[C@H]1O[C@@H](Cc2ccccc2)[C@@H](OCc2ccccc2)[C@@H]1OCc1ccccc1. The molecule has 1 aliphatic heterocycles. The van der Waals surface area contributed by atoms with Crippen LogP contribution in [-0.4, -0.2) is 36.1 Å². The second-order valence-corrected chi connectivity index (χ2v) is 7.61. The van der Waals surface area contributed by atoms with Crippen LogP contribution < -0.4 is 0 Å². The predicted molar refractivity (Wildman–Crippen MR) is 116 cm³/mol. The fourth-order valence-electron chi connectivity index (χ4n) is 3.90. The first-order valence-corrected chi connectivity index (χ1v) is 10.4. The molecule has 1 saturated heterocycles. The van der Waals surface area contributed by atoms with E-state index in [0.29, 0.717) is 19.6 Å². The molecule has 156 valence electrons. The van der Waals surface area contributed by atoms with Crippen LogP contribution in [0.4, 0.5) is 0 Å². The Hall–Kier alpha value is -2.50. The lowest BCUT2D eigenvalue weighted by Crippen LogP contribution is -2.39. The van der Waals surface area contributed by atoms with Gasteiger partial charge >= 0.3 is 0 Å². The van der Waals surface area contributed by atoms with Gasteiger partial charge in [0.2, 0.25) is 0 Å². The van der Waals surface area contributed by atoms with Crippen molar-refractivity contribution in [2.75, 3.05) is 6.61 Å². The minimum atomic E-state index is -0.414. The zero-order valence-electron chi connectivity index (χ0n) is 17.0. The van der Waals surface area contributed by atoms with Crippen LogP contribution in [0.25, 0.3) is 0 Å². The van der Waals surface area contributed by atoms with Gasteiger partial charge in [0, 0.05) is 6.42 Å². The van der Waals surface area contributed by atoms with Crippen molar-refractivity contribution in [3.05, 3.63) is 108 Å². The van der Waals surface area contributed by atoms with Gasteiger partial charge in [-0.3, -0.25) is 0 Å². The summed E-state index contributed by atoms with van der Waals surface area (Å²) < 4.78 is 18.8. The molecular formula is C26H28O4. The van der Waals surface area contributed by atoms with Crippen molar-refractivity contribution in [2.24, 2.45) is 0 Å². The fourth-order valence-corrected chi connectivity index (χ4v) is 3.90. The molecular weight excluding hydrogens is 376 g/mol. The highest BCUT2D eigenvalue weighted by Crippen LogP contribution is 2.30. The van der Waals surface area contributed by atoms with E-state index in [2.05, 4.69) is 12.1 Å². The number of benzene rings is 3. The third-order valence-corrected chi connectivity index (χ3v) is 5.44. The topological polar surface area (TPSA) is 47.9 Å². The lowest BCUT2D eigenvalue weighted by Gasteiger charge is -2.25. The Labute approximate surface area is 178 Å². The van der Waals surface area contributed by atoms with Gasteiger partial charge in [0.25, 0.3) is 0 Å². The summed E-state index contributed by atoms with van der Waals surface area (Å²) in [7, 11) is 0. The van der Waals surface area contributed by atoms with Crippen LogP contribution in [0.5, 0.6) is 0 Å². The second-order valence-electron chi connectivity index (χ2n) is 7.61. The van der Waals surface area contributed by atoms with Crippen LogP contribution in [0.15, 0.2) is 91.0 Å². The van der Waals surface area contributed by atoms with Crippen LogP contribution in [0.2, 0.25) is 0 Å². The Kier molecular flexibility index (Phi) is 7.27. The van der Waals surface area contributed by atoms with E-state index < -0.39 is 6.10 Å². The summed E-state index contributed by atoms with van der Waals surface area (Å²) in [5.41, 5.74) is 3.36. The molecule has 4 atom stereocenters. The summed E-state index contributed by atoms with van der Waals surface area (Å²) in [6.07, 6.45) is -0.502. The Balaban J connectivity index is 1.50. The summed E-state index contributed by atoms with van der Waals surface area (Å²) in [6.45, 7) is 0.827. The zero-order valence-corrected chi connectivity index (χ0v) is 17.0. The highest BCUT2D eigenvalue weighted by atomic mass is 16.6. The fraction of sp³-hybridized carbons (Fsp3) is 0.308. The maximum atomic E-state index is 9.96. The smallest absolute Gasteiger partial charge is 0.115 e. The first-order valence-electron chi connectivity index (χ1n) is 10.4. The lowest BCUT2D eigenvalue weighted by molar-refractivity contribution is -0.0833. The molecule has 0 aromatic heterocycles. The normalized spacial score (nSPS) is 23.5. The van der Waals surface area contributed by atoms with Crippen molar-refractivity contribution in [1.29, 1.82) is 0 Å². The van der Waals surface area contributed by atoms with E-state index in [4.69, 9.17) is 14.2 Å². The molecule has 3 aromatic carbocycles. The third kappa shape index (κ3) is 5.35. The molecule has 0 unspecified atom stereocenters. The lowest BCUT2D eigenvalue weighted by atomic mass is 10.0. The van der Waals surface area contributed by atoms with Gasteiger partial charge in [-0.05, 0) is 16.7 Å². The number of aliphatic hydroxyl groups excluding tert-OH is 1. The predicted octanol–water partition coefficient (Wildman–Crippen LogP) is 4.16. The molecule has 30 heavy (non-hydrogen) atoms. The average Bonchev–Trinajstić information content (AvgIpc) is 3.14. The van der Waals surface area contributed by atoms with E-state index in [1.807, 2.05) is 78.9 Å². The summed E-state index contributed by atoms with van der Waals surface area (Å²) in [5, 5.41) is 9.96. The van der Waals surface area contributed by atoms with E-state index in [9.17, 15) is 5.11 Å². The summed E-state index contributed by atoms with van der Waals surface area (Å²) in [6, 6.07) is 30.4. The molecule has 3 aromatic rings. The molecule has 0 amide bonds. The van der Waals surface area contributed by atoms with Crippen molar-refractivity contribution in [3.8, 4) is 0 Å². The largest absolute Gasteiger partial charge is 0.394 e. The Morgan fingerprint density at radius 2 is 1.03 bits per heavy atom. The van der Waals surface area contributed by atoms with Crippen molar-refractivity contribution >= 4 is 0 Å². The molecule has 4 rings (SSSR count). The minimum absolute atomic E-state index is 0.101. The molecule has 0 saturated carbocycles. The highest BCUT2D eigenvalue weighted by Gasteiger charge is 2.45. The maximum absolute atomic E-state index is 9.96. The summed E-state index contributed by atoms with van der Waals surface area (Å²) in [4.78, 5) is 0. The standard InChI is InChI=1S/C26H28O4/c27-17-24-26(29-19-22-14-8-3-9-15-22)25(28-18-21-12-6-2-7-13-21)23(30-24)16-20-10-4-1-5-11-20/h1-15,23-27H,16-19H2/t23-,24+,25+,26+/m0/s1. The van der Waals surface area contributed by atoms with Gasteiger partial charge in [0.05, 0.1) is 25.9 Å². The third-order valence-electron chi connectivity index (χ3n) is 5.44. The number of rotatable bonds is 9. The number of ether oxygens (including phenoxy) is 3. The minimum Gasteiger partial charge on any atom is -0.394 e. The molecule has 0 radical (unpaired) electrons. The van der Waals surface area contributed by atoms with E-state index in [-0.39, 0.29) is 24.9 Å². The zero-order chi connectivity index (χ0) is 20.6. The Morgan fingerprint density at radius 1 is 0.600 bits per heavy atom. The van der Waals surface area contributed by atoms with Crippen molar-refractivity contribution in [3.63, 3.8) is 0 Å². The van der Waals surface area contributed by atoms with Crippen LogP contribution in [0.3, 0.4) is 0 Å². The van der Waals surface area contributed by atoms with E-state index >= 15 is 0 Å². The van der Waals surface area contributed by atoms with Gasteiger partial charge in [-0.15, -0.1) is 0 Å². The maximum Gasteiger partial charge on any atom is 0.115 e. The van der Waals surface area contributed by atoms with Gasteiger partial charge < -0.3 is 19.3 Å². The molecule has 1 fully saturated rings. The van der Waals surface area contributed by atoms with Gasteiger partial charge in [-0.1, -0.05) is 91.0 Å². The number of hydrogen-bond acceptors (Lipinski definition) is 4. The van der Waals surface area contributed by atoms with E-state index in [1.165, 1.54) is 5.56 Å². The van der Waals surface area contributed by atoms with Gasteiger partial charge in [0.1, 0.15) is 18.3 Å². The molecule has 0 spiro atoms. The highest BCUT2D eigenvalue weighted by molar-refractivity contribution is 5.18. The number of aliphatic hydroxyl groups is 1. The van der Waals surface area contributed by atoms with Gasteiger partial charge in [0.15, 0.2) is 0 Å². The molecule has 4 heteroatoms. The van der Waals surface area contributed by atoms with Crippen LogP contribution in [0, 0.1) is 0 Å². The number of hydrogen-bond donors (Lipinski definition) is 1. The molecule has 1 N–H and O–H groups in total. The first kappa shape index (κ1) is 20.8. The first-order chi connectivity index (χ1) is 14.8. The van der Waals surface area contributed by atoms with Crippen molar-refractivity contribution in [2.45, 2.75) is 44.1 Å². The van der Waals surface area contributed by atoms with E-state index in [1.54, 1.807) is 0 Å². The van der Waals surface area contributed by atoms with E-state index in [0.717, 1.165) is 11.1 Å². The summed E-state index contributed by atoms with van der Waals surface area (Å²) in [5.74, 6) is 0. The van der Waals surface area contributed by atoms with Crippen LogP contribution in [-0.2, 0) is 33.8 Å². The Morgan fingerprint density at radius 3 is 1.50 bits per heavy atom. The Bertz CT molecular complexity index is 869. The van der Waals surface area contributed by atoms with Gasteiger partial charge in [-0.2, -0.15) is 0 Å². The molecule has 0 aliphatic carbocycles. The van der Waals surface area contributed by atoms with Crippen LogP contribution in [0.1, 0.15) is 16.7 Å². The van der Waals surface area contributed by atoms with Gasteiger partial charge in [-0.25, -0.2) is 0 Å². The quantitative estimate of drug-likeness (QED) is 0.582. The van der Waals surface area contributed by atoms with Crippen LogP contribution >= 0.6 is 0 Å². The average molecular weight is 405 g/mol. The second kappa shape index (κ2) is 10.5. The van der Waals surface area contributed by atoms with Crippen molar-refractivity contribution < 1.29 is 19.3 Å². The summed E-state index contributed by atoms with van der Waals surface area (Å²) >= 11 is 0. The molecule has 0 bridgehead atoms. The molecule has 1 aliphatic rings. The molecule has 4 nitrogen and oxygen atoms in total.